The van der Waals surface area contributed by atoms with Crippen LogP contribution >= 0.6 is 0 Å². The Morgan fingerprint density at radius 1 is 0.873 bits per heavy atom. The molecular formula is C32H30N3O17S3+. The van der Waals surface area contributed by atoms with E-state index in [1.165, 1.54) is 21.6 Å². The lowest BCUT2D eigenvalue weighted by Gasteiger charge is -2.24. The Balaban J connectivity index is 1.24. The maximum atomic E-state index is 13.4. The van der Waals surface area contributed by atoms with E-state index >= 15 is 0 Å². The number of benzene rings is 2. The molecule has 2 fully saturated rings. The van der Waals surface area contributed by atoms with Crippen LogP contribution in [0.15, 0.2) is 68.1 Å². The minimum Gasteiger partial charge on any atom is -0.439 e. The molecule has 0 unspecified atom stereocenters. The Morgan fingerprint density at radius 3 is 2.15 bits per heavy atom. The fourth-order valence-electron chi connectivity index (χ4n) is 5.99. The number of nitrogens with zero attached hydrogens (tertiary/aromatic N) is 3. The summed E-state index contributed by atoms with van der Waals surface area (Å²) in [4.78, 5) is 67.8. The van der Waals surface area contributed by atoms with E-state index in [9.17, 15) is 62.9 Å². The Kier molecular flexibility index (Phi) is 10.5. The van der Waals surface area contributed by atoms with Gasteiger partial charge in [-0.05, 0) is 37.1 Å². The number of allylic oxidation sites excluding steroid dienone is 2. The van der Waals surface area contributed by atoms with Crippen LogP contribution in [0.2, 0.25) is 0 Å². The van der Waals surface area contributed by atoms with Crippen molar-refractivity contribution in [2.45, 2.75) is 54.9 Å². The first-order valence-corrected chi connectivity index (χ1v) is 20.7. The largest absolute Gasteiger partial charge is 0.439 e. The zero-order valence-corrected chi connectivity index (χ0v) is 30.6. The molecule has 3 heterocycles. The highest BCUT2D eigenvalue weighted by molar-refractivity contribution is 7.86. The van der Waals surface area contributed by atoms with E-state index in [2.05, 4.69) is 0 Å². The van der Waals surface area contributed by atoms with Crippen LogP contribution in [0.25, 0.3) is 17.2 Å². The number of ether oxygens (including phenoxy) is 1. The van der Waals surface area contributed by atoms with Crippen molar-refractivity contribution in [3.63, 3.8) is 0 Å². The van der Waals surface area contributed by atoms with Crippen LogP contribution in [-0.4, -0.2) is 85.6 Å². The fourth-order valence-corrected chi connectivity index (χ4v) is 7.48. The molecule has 55 heavy (non-hydrogen) atoms. The second-order valence-corrected chi connectivity index (χ2v) is 16.9. The number of hydrogen-bond donors (Lipinski definition) is 3. The van der Waals surface area contributed by atoms with Gasteiger partial charge in [0.2, 0.25) is 5.58 Å². The third-order valence-electron chi connectivity index (χ3n) is 8.67. The van der Waals surface area contributed by atoms with E-state index in [-0.39, 0.29) is 91.5 Å². The van der Waals surface area contributed by atoms with Crippen LogP contribution in [0.3, 0.4) is 0 Å². The summed E-state index contributed by atoms with van der Waals surface area (Å²) in [7, 11) is -13.7. The van der Waals surface area contributed by atoms with E-state index in [1.54, 1.807) is 0 Å². The summed E-state index contributed by atoms with van der Waals surface area (Å²) in [5.41, 5.74) is 0.111. The molecule has 2 amide bonds. The van der Waals surface area contributed by atoms with Crippen LogP contribution in [0.5, 0.6) is 5.75 Å². The smallest absolute Gasteiger partial charge is 0.374 e. The monoisotopic (exact) mass is 824 g/mol. The van der Waals surface area contributed by atoms with Crippen molar-refractivity contribution in [1.82, 2.24) is 5.06 Å². The molecule has 292 valence electrons. The Bertz CT molecular complexity index is 2540. The number of ketones is 2. The van der Waals surface area contributed by atoms with Crippen molar-refractivity contribution < 1.29 is 81.4 Å². The summed E-state index contributed by atoms with van der Waals surface area (Å²) >= 11 is 0. The summed E-state index contributed by atoms with van der Waals surface area (Å²) in [5.74, 6) is -5.94. The number of rotatable bonds is 14. The van der Waals surface area contributed by atoms with Gasteiger partial charge in [-0.2, -0.15) is 29.8 Å². The number of imide groups is 1. The molecular weight excluding hydrogens is 795 g/mol. The minimum atomic E-state index is -4.65. The number of aryl methyl sites for hydroxylation is 1. The number of unbranched alkanes of at least 4 members (excludes halogenated alkanes) is 1. The Hall–Kier alpha value is -5.33. The molecule has 0 radical (unpaired) electrons. The molecule has 2 aliphatic heterocycles. The normalized spacial score (nSPS) is 18.3. The van der Waals surface area contributed by atoms with Crippen molar-refractivity contribution in [1.29, 1.82) is 0 Å². The van der Waals surface area contributed by atoms with Gasteiger partial charge in [0.05, 0.1) is 32.9 Å². The fraction of sp³-hybridized carbons (Fsp3) is 0.312. The van der Waals surface area contributed by atoms with Gasteiger partial charge in [-0.1, -0.05) is 0 Å². The zero-order valence-electron chi connectivity index (χ0n) is 28.2. The molecule has 23 heteroatoms. The van der Waals surface area contributed by atoms with Crippen molar-refractivity contribution in [3.8, 4) is 5.75 Å². The van der Waals surface area contributed by atoms with Crippen molar-refractivity contribution in [2.75, 3.05) is 17.2 Å². The Labute approximate surface area is 311 Å². The lowest BCUT2D eigenvalue weighted by Crippen LogP contribution is -2.42. The summed E-state index contributed by atoms with van der Waals surface area (Å²) in [6, 6.07) is 6.76. The SMILES string of the molecule is O=C(CCCC[n+]1c(C=C2C(=O)C(/C=C3\Oc4cc(S(=O)(=O)O)ccc4N3CCCS(=O)(=O)O)C2=O)oc2cc(S(=O)(=O)O)ccc21)ON1C(=O)CCC1=O. The van der Waals surface area contributed by atoms with Gasteiger partial charge in [0.15, 0.2) is 29.7 Å². The van der Waals surface area contributed by atoms with Crippen molar-refractivity contribution >= 4 is 82.6 Å². The standard InChI is InChI=1S/C32H29N3O17S3/c36-26-9-10-27(37)35(26)52-30(38)4-1-2-11-33-22-7-5-18(54(44,45)46)14-24(22)50-28(33)16-20-31(39)21(32(20)40)17-29-34(12-3-13-53(41,42)43)23-8-6-19(55(47,48)49)15-25(23)51-29/h5-8,14-17,21H,1-4,9-13H2,(H2-,41,42,43,44,45,46,47,48,49)/p+1/b20-16?,29-17-. The van der Waals surface area contributed by atoms with Crippen LogP contribution in [-0.2, 0) is 65.7 Å². The van der Waals surface area contributed by atoms with Crippen LogP contribution in [0.1, 0.15) is 44.4 Å². The average molecular weight is 825 g/mol. The number of hydroxylamine groups is 2. The van der Waals surface area contributed by atoms with Gasteiger partial charge >= 0.3 is 11.9 Å². The van der Waals surface area contributed by atoms with Crippen LogP contribution in [0.4, 0.5) is 5.69 Å². The number of carbonyl (C=O) groups excluding carboxylic acids is 5. The summed E-state index contributed by atoms with van der Waals surface area (Å²) in [5, 5.41) is 0.423. The van der Waals surface area contributed by atoms with Crippen molar-refractivity contribution in [3.05, 3.63) is 59.8 Å². The number of aromatic nitrogens is 1. The molecule has 3 N–H and O–H groups in total. The molecule has 3 aromatic rings. The molecule has 0 bridgehead atoms. The predicted molar refractivity (Wildman–Crippen MR) is 182 cm³/mol. The molecule has 1 aromatic heterocycles. The molecule has 0 atom stereocenters. The average Bonchev–Trinajstić information content (AvgIpc) is 3.74. The molecule has 3 aliphatic rings. The molecule has 20 nitrogen and oxygen atoms in total. The number of hydrogen-bond acceptors (Lipinski definition) is 15. The highest BCUT2D eigenvalue weighted by Crippen LogP contribution is 2.42. The first-order chi connectivity index (χ1) is 25.7. The number of oxazole rings is 1. The maximum absolute atomic E-state index is 13.4. The maximum Gasteiger partial charge on any atom is 0.374 e. The number of carbonyl (C=O) groups is 5. The summed E-state index contributed by atoms with van der Waals surface area (Å²) in [6.45, 7) is -0.0450. The lowest BCUT2D eigenvalue weighted by molar-refractivity contribution is -0.678. The van der Waals surface area contributed by atoms with Gasteiger partial charge in [-0.3, -0.25) is 32.8 Å². The van der Waals surface area contributed by atoms with Crippen molar-refractivity contribution in [2.24, 2.45) is 5.92 Å². The van der Waals surface area contributed by atoms with Crippen LogP contribution < -0.4 is 14.2 Å². The zero-order chi connectivity index (χ0) is 40.0. The van der Waals surface area contributed by atoms with Crippen LogP contribution in [0, 0.1) is 5.92 Å². The third kappa shape index (κ3) is 8.50. The molecule has 1 saturated heterocycles. The quantitative estimate of drug-likeness (QED) is 0.0391. The second kappa shape index (κ2) is 14.7. The number of Topliss-reactive ketones (excluding diaryl/α,β-unsaturated/α-hetero) is 2. The number of amides is 2. The van der Waals surface area contributed by atoms with Gasteiger partial charge in [0.1, 0.15) is 5.92 Å². The van der Waals surface area contributed by atoms with Gasteiger partial charge in [0, 0.05) is 50.4 Å². The van der Waals surface area contributed by atoms with E-state index in [4.69, 9.17) is 14.0 Å². The first kappa shape index (κ1) is 39.4. The summed E-state index contributed by atoms with van der Waals surface area (Å²) < 4.78 is 111. The molecule has 1 saturated carbocycles. The number of anilines is 1. The van der Waals surface area contributed by atoms with E-state index in [0.717, 1.165) is 36.4 Å². The molecule has 1 aliphatic carbocycles. The number of fused-ring (bicyclic) bond motifs is 2. The topological polar surface area (TPSA) is 290 Å². The highest BCUT2D eigenvalue weighted by atomic mass is 32.2. The van der Waals surface area contributed by atoms with Gasteiger partial charge in [-0.25, -0.2) is 4.79 Å². The molecule has 0 spiro atoms. The minimum absolute atomic E-state index is 0.0488. The first-order valence-electron chi connectivity index (χ1n) is 16.3. The molecule has 6 rings (SSSR count). The predicted octanol–water partition coefficient (Wildman–Crippen LogP) is 1.16. The van der Waals surface area contributed by atoms with Gasteiger partial charge in [0.25, 0.3) is 47.7 Å². The summed E-state index contributed by atoms with van der Waals surface area (Å²) in [6.07, 6.45) is 2.19. The lowest BCUT2D eigenvalue weighted by atomic mass is 9.76. The van der Waals surface area contributed by atoms with Gasteiger partial charge in [-0.15, -0.1) is 5.06 Å². The molecule has 2 aromatic carbocycles. The van der Waals surface area contributed by atoms with E-state index < -0.39 is 81.2 Å². The highest BCUT2D eigenvalue weighted by Gasteiger charge is 2.45. The third-order valence-corrected chi connectivity index (χ3v) is 11.2. The van der Waals surface area contributed by atoms with E-state index in [0.29, 0.717) is 5.06 Å². The Morgan fingerprint density at radius 2 is 1.51 bits per heavy atom. The van der Waals surface area contributed by atoms with Gasteiger partial charge < -0.3 is 18.9 Å². The second-order valence-electron chi connectivity index (χ2n) is 12.5. The van der Waals surface area contributed by atoms with E-state index in [1.807, 2.05) is 0 Å².